The third-order valence-electron chi connectivity index (χ3n) is 6.02. The van der Waals surface area contributed by atoms with Crippen molar-refractivity contribution in [1.29, 1.82) is 31.6 Å². The Morgan fingerprint density at radius 1 is 0.611 bits per heavy atom. The number of nitriles is 6. The van der Waals surface area contributed by atoms with Crippen LogP contribution in [0.5, 0.6) is 0 Å². The summed E-state index contributed by atoms with van der Waals surface area (Å²) >= 11 is 9.03. The Balaban J connectivity index is 1.87. The standard InChI is InChI=1S/C26H26N8S2/c27-11-17(12-28)21-7-19(35)9-25(23(21)15-31)33-5-3-1-2-4-6-34-26-10-20(36)8-22(24(26)16-32)18(13-29)14-30/h19-20,33-36H,1-10H2. The highest BCUT2D eigenvalue weighted by Gasteiger charge is 2.27. The summed E-state index contributed by atoms with van der Waals surface area (Å²) in [6.07, 6.45) is 5.69. The molecule has 0 fully saturated rings. The first-order valence-corrected chi connectivity index (χ1v) is 12.6. The molecule has 0 saturated heterocycles. The van der Waals surface area contributed by atoms with Gasteiger partial charge in [0.1, 0.15) is 47.6 Å². The van der Waals surface area contributed by atoms with Crippen LogP contribution < -0.4 is 10.6 Å². The number of hydrogen-bond acceptors (Lipinski definition) is 10. The molecule has 0 amide bonds. The predicted octanol–water partition coefficient (Wildman–Crippen LogP) is 4.15. The number of unbranched alkanes of at least 4 members (excludes halogenated alkanes) is 3. The van der Waals surface area contributed by atoms with E-state index in [2.05, 4.69) is 48.0 Å². The summed E-state index contributed by atoms with van der Waals surface area (Å²) in [5, 5.41) is 62.5. The highest BCUT2D eigenvalue weighted by Crippen LogP contribution is 2.34. The van der Waals surface area contributed by atoms with Crippen molar-refractivity contribution in [2.24, 2.45) is 0 Å². The molecule has 0 aliphatic heterocycles. The molecule has 2 aliphatic rings. The van der Waals surface area contributed by atoms with E-state index in [1.807, 2.05) is 24.3 Å². The van der Waals surface area contributed by atoms with Crippen molar-refractivity contribution < 1.29 is 0 Å². The van der Waals surface area contributed by atoms with Crippen LogP contribution in [0.25, 0.3) is 0 Å². The van der Waals surface area contributed by atoms with Crippen molar-refractivity contribution in [1.82, 2.24) is 10.6 Å². The monoisotopic (exact) mass is 514 g/mol. The van der Waals surface area contributed by atoms with Gasteiger partial charge in [0.2, 0.25) is 0 Å². The van der Waals surface area contributed by atoms with Gasteiger partial charge in [-0.05, 0) is 25.7 Å². The molecule has 2 N–H and O–H groups in total. The van der Waals surface area contributed by atoms with Gasteiger partial charge in [-0.25, -0.2) is 0 Å². The maximum atomic E-state index is 9.60. The summed E-state index contributed by atoms with van der Waals surface area (Å²) in [5.41, 5.74) is 3.09. The van der Waals surface area contributed by atoms with Crippen molar-refractivity contribution >= 4 is 25.3 Å². The SMILES string of the molecule is N#CC(C#N)=C1CC(S)CC(NCCCCCCNC2=C(C#N)C(=C(C#N)C#N)CC(S)C2)=C1C#N. The maximum absolute atomic E-state index is 9.60. The van der Waals surface area contributed by atoms with Gasteiger partial charge in [0.05, 0.1) is 11.1 Å². The van der Waals surface area contributed by atoms with Gasteiger partial charge in [0.15, 0.2) is 0 Å². The van der Waals surface area contributed by atoms with E-state index in [1.165, 1.54) is 0 Å². The number of thiol groups is 2. The van der Waals surface area contributed by atoms with Gasteiger partial charge >= 0.3 is 0 Å². The molecule has 0 aromatic carbocycles. The van der Waals surface area contributed by atoms with Crippen LogP contribution >= 0.6 is 25.3 Å². The molecule has 2 aliphatic carbocycles. The summed E-state index contributed by atoms with van der Waals surface area (Å²) in [6, 6.07) is 11.8. The van der Waals surface area contributed by atoms with Crippen molar-refractivity contribution in [2.75, 3.05) is 13.1 Å². The first kappa shape index (κ1) is 28.4. The van der Waals surface area contributed by atoms with E-state index in [0.29, 0.717) is 61.1 Å². The average molecular weight is 515 g/mol. The Morgan fingerprint density at radius 3 is 1.28 bits per heavy atom. The zero-order valence-corrected chi connectivity index (χ0v) is 21.6. The smallest absolute Gasteiger partial charge is 0.134 e. The molecule has 182 valence electrons. The lowest BCUT2D eigenvalue weighted by molar-refractivity contribution is 0.581. The van der Waals surface area contributed by atoms with Crippen molar-refractivity contribution in [3.8, 4) is 36.4 Å². The molecule has 0 radical (unpaired) electrons. The van der Waals surface area contributed by atoms with Gasteiger partial charge in [0, 0.05) is 59.0 Å². The molecule has 0 bridgehead atoms. The lowest BCUT2D eigenvalue weighted by Crippen LogP contribution is -2.25. The van der Waals surface area contributed by atoms with Crippen LogP contribution in [-0.2, 0) is 0 Å². The number of allylic oxidation sites excluding steroid dienone is 8. The van der Waals surface area contributed by atoms with Crippen LogP contribution in [0.15, 0.2) is 44.8 Å². The van der Waals surface area contributed by atoms with E-state index in [4.69, 9.17) is 0 Å². The highest BCUT2D eigenvalue weighted by atomic mass is 32.1. The van der Waals surface area contributed by atoms with Crippen molar-refractivity contribution in [3.05, 3.63) is 44.8 Å². The van der Waals surface area contributed by atoms with Crippen molar-refractivity contribution in [2.45, 2.75) is 61.9 Å². The predicted molar refractivity (Wildman–Crippen MR) is 140 cm³/mol. The van der Waals surface area contributed by atoms with Crippen LogP contribution in [0, 0.1) is 68.0 Å². The lowest BCUT2D eigenvalue weighted by Gasteiger charge is -2.25. The normalized spacial score (nSPS) is 19.1. The molecule has 2 unspecified atom stereocenters. The van der Waals surface area contributed by atoms with Crippen LogP contribution in [0.3, 0.4) is 0 Å². The van der Waals surface area contributed by atoms with Gasteiger partial charge in [-0.1, -0.05) is 12.8 Å². The van der Waals surface area contributed by atoms with Gasteiger partial charge < -0.3 is 10.6 Å². The minimum absolute atomic E-state index is 0.0342. The Kier molecular flexibility index (Phi) is 11.5. The molecule has 2 atom stereocenters. The second-order valence-corrected chi connectivity index (χ2v) is 9.94. The molecule has 0 aromatic heterocycles. The molecule has 0 saturated carbocycles. The number of hydrogen-bond donors (Lipinski definition) is 4. The number of nitrogens with one attached hydrogen (secondary N) is 2. The molecule has 0 spiro atoms. The topological polar surface area (TPSA) is 167 Å². The fourth-order valence-corrected chi connectivity index (χ4v) is 5.04. The quantitative estimate of drug-likeness (QED) is 0.202. The van der Waals surface area contributed by atoms with Crippen LogP contribution in [0.4, 0.5) is 0 Å². The molecule has 0 heterocycles. The molecule has 2 rings (SSSR count). The molecule has 10 heteroatoms. The van der Waals surface area contributed by atoms with E-state index < -0.39 is 0 Å². The van der Waals surface area contributed by atoms with Crippen LogP contribution in [0.1, 0.15) is 51.4 Å². The van der Waals surface area contributed by atoms with E-state index in [9.17, 15) is 31.6 Å². The van der Waals surface area contributed by atoms with Gasteiger partial charge in [0.25, 0.3) is 0 Å². The molecule has 0 aromatic rings. The summed E-state index contributed by atoms with van der Waals surface area (Å²) in [6.45, 7) is 1.33. The number of rotatable bonds is 9. The lowest BCUT2D eigenvalue weighted by atomic mass is 9.88. The zero-order chi connectivity index (χ0) is 26.5. The second kappa shape index (κ2) is 14.6. The fraction of sp³-hybridized carbons (Fsp3) is 0.462. The third-order valence-corrected chi connectivity index (χ3v) is 6.75. The minimum Gasteiger partial charge on any atom is -0.387 e. The van der Waals surface area contributed by atoms with Crippen LogP contribution in [0.2, 0.25) is 0 Å². The second-order valence-electron chi connectivity index (χ2n) is 8.48. The van der Waals surface area contributed by atoms with E-state index in [1.54, 1.807) is 0 Å². The summed E-state index contributed by atoms with van der Waals surface area (Å²) in [4.78, 5) is 0. The highest BCUT2D eigenvalue weighted by molar-refractivity contribution is 7.81. The Labute approximate surface area is 223 Å². The number of nitrogens with zero attached hydrogens (tertiary/aromatic N) is 6. The zero-order valence-electron chi connectivity index (χ0n) is 19.8. The molecular weight excluding hydrogens is 488 g/mol. The molecule has 8 nitrogen and oxygen atoms in total. The molecular formula is C26H26N8S2. The minimum atomic E-state index is -0.0561. The van der Waals surface area contributed by atoms with Crippen LogP contribution in [-0.4, -0.2) is 23.6 Å². The fourth-order valence-electron chi connectivity index (χ4n) is 4.31. The first-order valence-electron chi connectivity index (χ1n) is 11.6. The average Bonchev–Trinajstić information content (AvgIpc) is 2.87. The molecule has 36 heavy (non-hydrogen) atoms. The Bertz CT molecular complexity index is 1120. The first-order chi connectivity index (χ1) is 17.4. The third kappa shape index (κ3) is 7.35. The van der Waals surface area contributed by atoms with Gasteiger partial charge in [-0.15, -0.1) is 0 Å². The van der Waals surface area contributed by atoms with Gasteiger partial charge in [-0.2, -0.15) is 56.8 Å². The van der Waals surface area contributed by atoms with E-state index in [0.717, 1.165) is 37.1 Å². The van der Waals surface area contributed by atoms with Gasteiger partial charge in [-0.3, -0.25) is 0 Å². The summed E-state index contributed by atoms with van der Waals surface area (Å²) in [5.74, 6) is 0. The Hall–Kier alpha value is -3.80. The Morgan fingerprint density at radius 2 is 0.972 bits per heavy atom. The van der Waals surface area contributed by atoms with E-state index in [-0.39, 0.29) is 21.6 Å². The summed E-state index contributed by atoms with van der Waals surface area (Å²) < 4.78 is 0. The van der Waals surface area contributed by atoms with Crippen molar-refractivity contribution in [3.63, 3.8) is 0 Å². The maximum Gasteiger partial charge on any atom is 0.134 e. The summed E-state index contributed by atoms with van der Waals surface area (Å²) in [7, 11) is 0. The largest absolute Gasteiger partial charge is 0.387 e. The van der Waals surface area contributed by atoms with E-state index >= 15 is 0 Å².